The molecule has 136 valence electrons. The van der Waals surface area contributed by atoms with Crippen LogP contribution in [0.3, 0.4) is 0 Å². The van der Waals surface area contributed by atoms with Gasteiger partial charge in [-0.3, -0.25) is 4.79 Å². The van der Waals surface area contributed by atoms with Crippen LogP contribution in [0.4, 0.5) is 0 Å². The number of allylic oxidation sites excluding steroid dienone is 4. The Morgan fingerprint density at radius 1 is 1.16 bits per heavy atom. The normalized spacial score (nSPS) is 21.3. The van der Waals surface area contributed by atoms with Crippen molar-refractivity contribution in [2.45, 2.75) is 64.4 Å². The van der Waals surface area contributed by atoms with Gasteiger partial charge in [0, 0.05) is 5.92 Å². The number of benzene rings is 1. The van der Waals surface area contributed by atoms with Crippen molar-refractivity contribution in [3.63, 3.8) is 0 Å². The Morgan fingerprint density at radius 3 is 2.72 bits per heavy atom. The van der Waals surface area contributed by atoms with Crippen LogP contribution in [0.1, 0.15) is 57.4 Å². The van der Waals surface area contributed by atoms with E-state index >= 15 is 0 Å². The van der Waals surface area contributed by atoms with Gasteiger partial charge in [-0.05, 0) is 56.1 Å². The van der Waals surface area contributed by atoms with E-state index in [1.165, 1.54) is 18.4 Å². The third kappa shape index (κ3) is 6.99. The molecule has 1 aliphatic rings. The molecule has 0 heterocycles. The number of hydrogen-bond acceptors (Lipinski definition) is 2. The SMILES string of the molecule is CCCC/C=C\C[C@H]1C(=O)C=C[C@@H]1CC[C@@H](O)CCc1ccccc1. The zero-order chi connectivity index (χ0) is 17.9. The number of carbonyl (C=O) groups is 1. The van der Waals surface area contributed by atoms with Gasteiger partial charge >= 0.3 is 0 Å². The third-order valence-electron chi connectivity index (χ3n) is 5.11. The maximum atomic E-state index is 12.1. The Labute approximate surface area is 152 Å². The number of aliphatic hydroxyl groups excluding tert-OH is 1. The first-order valence-electron chi connectivity index (χ1n) is 9.79. The van der Waals surface area contributed by atoms with Crippen molar-refractivity contribution >= 4 is 5.78 Å². The van der Waals surface area contributed by atoms with E-state index in [2.05, 4.69) is 37.3 Å². The predicted molar refractivity (Wildman–Crippen MR) is 104 cm³/mol. The Morgan fingerprint density at radius 2 is 1.96 bits per heavy atom. The van der Waals surface area contributed by atoms with Crippen LogP contribution in [-0.4, -0.2) is 17.0 Å². The number of carbonyl (C=O) groups excluding carboxylic acids is 1. The minimum absolute atomic E-state index is 0.0826. The molecule has 0 radical (unpaired) electrons. The van der Waals surface area contributed by atoms with Gasteiger partial charge in [0.25, 0.3) is 0 Å². The Hall–Kier alpha value is -1.67. The van der Waals surface area contributed by atoms with E-state index in [9.17, 15) is 9.90 Å². The zero-order valence-electron chi connectivity index (χ0n) is 15.4. The van der Waals surface area contributed by atoms with E-state index in [1.807, 2.05) is 18.2 Å². The van der Waals surface area contributed by atoms with Gasteiger partial charge < -0.3 is 5.11 Å². The molecular weight excluding hydrogens is 308 g/mol. The highest BCUT2D eigenvalue weighted by molar-refractivity contribution is 5.94. The van der Waals surface area contributed by atoms with Gasteiger partial charge in [0.1, 0.15) is 0 Å². The molecule has 1 aromatic rings. The lowest BCUT2D eigenvalue weighted by Gasteiger charge is -2.18. The maximum absolute atomic E-state index is 12.1. The number of aryl methyl sites for hydroxylation is 1. The first kappa shape index (κ1) is 19.7. The summed E-state index contributed by atoms with van der Waals surface area (Å²) in [4.78, 5) is 12.1. The summed E-state index contributed by atoms with van der Waals surface area (Å²) in [5.41, 5.74) is 1.27. The summed E-state index contributed by atoms with van der Waals surface area (Å²) in [5, 5.41) is 10.3. The summed E-state index contributed by atoms with van der Waals surface area (Å²) in [6.45, 7) is 2.19. The molecular formula is C23H32O2. The summed E-state index contributed by atoms with van der Waals surface area (Å²) in [5.74, 6) is 0.623. The molecule has 0 bridgehead atoms. The van der Waals surface area contributed by atoms with Crippen LogP contribution in [0.5, 0.6) is 0 Å². The van der Waals surface area contributed by atoms with Crippen molar-refractivity contribution < 1.29 is 9.90 Å². The third-order valence-corrected chi connectivity index (χ3v) is 5.11. The lowest BCUT2D eigenvalue weighted by molar-refractivity contribution is -0.118. The minimum atomic E-state index is -0.287. The van der Waals surface area contributed by atoms with Crippen molar-refractivity contribution in [1.82, 2.24) is 0 Å². The van der Waals surface area contributed by atoms with Gasteiger partial charge in [-0.2, -0.15) is 0 Å². The van der Waals surface area contributed by atoms with Crippen LogP contribution in [0.2, 0.25) is 0 Å². The van der Waals surface area contributed by atoms with Crippen LogP contribution >= 0.6 is 0 Å². The van der Waals surface area contributed by atoms with Crippen molar-refractivity contribution in [2.75, 3.05) is 0 Å². The minimum Gasteiger partial charge on any atom is -0.393 e. The molecule has 0 fully saturated rings. The van der Waals surface area contributed by atoms with E-state index in [4.69, 9.17) is 0 Å². The smallest absolute Gasteiger partial charge is 0.159 e. The second-order valence-corrected chi connectivity index (χ2v) is 7.14. The second-order valence-electron chi connectivity index (χ2n) is 7.14. The van der Waals surface area contributed by atoms with Gasteiger partial charge in [-0.25, -0.2) is 0 Å². The van der Waals surface area contributed by atoms with Gasteiger partial charge in [0.05, 0.1) is 6.10 Å². The molecule has 2 nitrogen and oxygen atoms in total. The van der Waals surface area contributed by atoms with Crippen molar-refractivity contribution in [3.05, 3.63) is 60.2 Å². The number of hydrogen-bond donors (Lipinski definition) is 1. The van der Waals surface area contributed by atoms with Crippen molar-refractivity contribution in [3.8, 4) is 0 Å². The molecule has 0 aromatic heterocycles. The van der Waals surface area contributed by atoms with Gasteiger partial charge in [0.2, 0.25) is 0 Å². The summed E-state index contributed by atoms with van der Waals surface area (Å²) < 4.78 is 0. The highest BCUT2D eigenvalue weighted by Crippen LogP contribution is 2.30. The Bertz CT molecular complexity index is 559. The largest absolute Gasteiger partial charge is 0.393 e. The molecule has 0 saturated carbocycles. The van der Waals surface area contributed by atoms with Crippen molar-refractivity contribution in [1.29, 1.82) is 0 Å². The molecule has 1 aromatic carbocycles. The second kappa shape index (κ2) is 11.0. The number of unbranched alkanes of at least 4 members (excludes halogenated alkanes) is 2. The molecule has 0 aliphatic heterocycles. The fourth-order valence-corrected chi connectivity index (χ4v) is 3.47. The highest BCUT2D eigenvalue weighted by Gasteiger charge is 2.29. The summed E-state index contributed by atoms with van der Waals surface area (Å²) in [7, 11) is 0. The molecule has 0 saturated heterocycles. The fourth-order valence-electron chi connectivity index (χ4n) is 3.47. The van der Waals surface area contributed by atoms with Gasteiger partial charge in [0.15, 0.2) is 5.78 Å². The summed E-state index contributed by atoms with van der Waals surface area (Å²) in [6.07, 6.45) is 15.6. The number of ketones is 1. The molecule has 1 N–H and O–H groups in total. The Kier molecular flexibility index (Phi) is 8.68. The van der Waals surface area contributed by atoms with Gasteiger partial charge in [-0.1, -0.05) is 68.3 Å². The molecule has 0 amide bonds. The average Bonchev–Trinajstić information content (AvgIpc) is 2.99. The van der Waals surface area contributed by atoms with Crippen molar-refractivity contribution in [2.24, 2.45) is 11.8 Å². The molecule has 0 unspecified atom stereocenters. The monoisotopic (exact) mass is 340 g/mol. The number of aliphatic hydroxyl groups is 1. The molecule has 25 heavy (non-hydrogen) atoms. The van der Waals surface area contributed by atoms with E-state index in [0.29, 0.717) is 0 Å². The highest BCUT2D eigenvalue weighted by atomic mass is 16.3. The zero-order valence-corrected chi connectivity index (χ0v) is 15.4. The molecule has 2 heteroatoms. The first-order chi connectivity index (χ1) is 12.2. The van der Waals surface area contributed by atoms with Crippen LogP contribution < -0.4 is 0 Å². The lowest BCUT2D eigenvalue weighted by atomic mass is 9.86. The quantitative estimate of drug-likeness (QED) is 0.440. The first-order valence-corrected chi connectivity index (χ1v) is 9.79. The standard InChI is InChI=1S/C23H32O2/c1-2-3-4-5-9-12-22-20(15-18-23(22)25)14-17-21(24)16-13-19-10-7-6-8-11-19/h5-11,15,18,20-22,24H,2-4,12-14,16-17H2,1H3/b9-5-/t20-,21-,22+/m0/s1. The molecule has 0 spiro atoms. The molecule has 3 atom stereocenters. The van der Waals surface area contributed by atoms with Crippen LogP contribution in [0.15, 0.2) is 54.6 Å². The average molecular weight is 341 g/mol. The van der Waals surface area contributed by atoms with Gasteiger partial charge in [-0.15, -0.1) is 0 Å². The summed E-state index contributed by atoms with van der Waals surface area (Å²) >= 11 is 0. The maximum Gasteiger partial charge on any atom is 0.159 e. The predicted octanol–water partition coefficient (Wildman–Crippen LogP) is 5.27. The fraction of sp³-hybridized carbons (Fsp3) is 0.522. The van der Waals surface area contributed by atoms with Crippen LogP contribution in [0, 0.1) is 11.8 Å². The number of rotatable bonds is 11. The topological polar surface area (TPSA) is 37.3 Å². The van der Waals surface area contributed by atoms with E-state index in [-0.39, 0.29) is 23.7 Å². The lowest BCUT2D eigenvalue weighted by Crippen LogP contribution is -2.17. The van der Waals surface area contributed by atoms with E-state index < -0.39 is 0 Å². The van der Waals surface area contributed by atoms with Crippen LogP contribution in [0.25, 0.3) is 0 Å². The van der Waals surface area contributed by atoms with E-state index in [1.54, 1.807) is 6.08 Å². The molecule has 2 rings (SSSR count). The van der Waals surface area contributed by atoms with Crippen LogP contribution in [-0.2, 0) is 11.2 Å². The molecule has 1 aliphatic carbocycles. The Balaban J connectivity index is 1.71. The summed E-state index contributed by atoms with van der Waals surface area (Å²) in [6, 6.07) is 10.3. The van der Waals surface area contributed by atoms with E-state index in [0.717, 1.165) is 38.5 Å².